The number of hydrogen-bond acceptors (Lipinski definition) is 4. The fraction of sp³-hybridized carbons (Fsp3) is 0.286. The van der Waals surface area contributed by atoms with Crippen molar-refractivity contribution in [3.8, 4) is 17.1 Å². The number of rotatable bonds is 7. The fourth-order valence-electron chi connectivity index (χ4n) is 2.94. The van der Waals surface area contributed by atoms with Crippen LogP contribution in [-0.4, -0.2) is 33.0 Å². The van der Waals surface area contributed by atoms with Crippen LogP contribution in [0.15, 0.2) is 53.7 Å². The van der Waals surface area contributed by atoms with E-state index in [1.165, 1.54) is 24.6 Å². The number of thioether (sulfide) groups is 1. The molecule has 1 fully saturated rings. The minimum atomic E-state index is 0.0317. The Bertz CT molecular complexity index is 982. The van der Waals surface area contributed by atoms with Crippen LogP contribution in [0.3, 0.4) is 0 Å². The molecule has 1 N–H and O–H groups in total. The Kier molecular flexibility index (Phi) is 5.69. The van der Waals surface area contributed by atoms with Crippen LogP contribution in [0.1, 0.15) is 18.4 Å². The molecule has 28 heavy (non-hydrogen) atoms. The van der Waals surface area contributed by atoms with Crippen LogP contribution in [0.2, 0.25) is 5.02 Å². The van der Waals surface area contributed by atoms with Gasteiger partial charge in [0.25, 0.3) is 0 Å². The van der Waals surface area contributed by atoms with Gasteiger partial charge in [0.05, 0.1) is 11.4 Å². The third kappa shape index (κ3) is 4.39. The van der Waals surface area contributed by atoms with Crippen molar-refractivity contribution < 1.29 is 4.79 Å². The van der Waals surface area contributed by atoms with E-state index in [1.54, 1.807) is 0 Å². The molecule has 4 rings (SSSR count). The summed E-state index contributed by atoms with van der Waals surface area (Å²) in [4.78, 5) is 12.2. The number of aryl methyl sites for hydroxylation is 1. The van der Waals surface area contributed by atoms with Crippen molar-refractivity contribution in [1.29, 1.82) is 0 Å². The van der Waals surface area contributed by atoms with Gasteiger partial charge in [0.2, 0.25) is 5.91 Å². The first-order valence-electron chi connectivity index (χ1n) is 9.28. The van der Waals surface area contributed by atoms with E-state index < -0.39 is 0 Å². The monoisotopic (exact) mass is 412 g/mol. The molecule has 0 aliphatic heterocycles. The lowest BCUT2D eigenvalue weighted by atomic mass is 10.1. The molecule has 0 spiro atoms. The Morgan fingerprint density at radius 1 is 1.18 bits per heavy atom. The van der Waals surface area contributed by atoms with Gasteiger partial charge in [-0.1, -0.05) is 41.6 Å². The van der Waals surface area contributed by atoms with Crippen LogP contribution in [0, 0.1) is 12.8 Å². The van der Waals surface area contributed by atoms with E-state index in [2.05, 4.69) is 28.5 Å². The smallest absolute Gasteiger partial charge is 0.230 e. The van der Waals surface area contributed by atoms with Gasteiger partial charge in [0.1, 0.15) is 0 Å². The molecular weight excluding hydrogens is 392 g/mol. The SMILES string of the molecule is Cc1ccccc1-n1c(SCC(=O)NCC2CC2)nnc1-c1ccc(Cl)cc1. The van der Waals surface area contributed by atoms with Crippen LogP contribution in [0.5, 0.6) is 0 Å². The van der Waals surface area contributed by atoms with Gasteiger partial charge in [-0.15, -0.1) is 10.2 Å². The molecule has 0 radical (unpaired) electrons. The summed E-state index contributed by atoms with van der Waals surface area (Å²) < 4.78 is 2.01. The summed E-state index contributed by atoms with van der Waals surface area (Å²) in [5.74, 6) is 1.74. The number of carbonyl (C=O) groups excluding carboxylic acids is 1. The Balaban J connectivity index is 1.63. The van der Waals surface area contributed by atoms with Crippen molar-refractivity contribution in [2.75, 3.05) is 12.3 Å². The Morgan fingerprint density at radius 3 is 2.64 bits per heavy atom. The largest absolute Gasteiger partial charge is 0.355 e. The first kappa shape index (κ1) is 19.0. The Labute approximate surface area is 173 Å². The summed E-state index contributed by atoms with van der Waals surface area (Å²) in [5, 5.41) is 13.2. The topological polar surface area (TPSA) is 59.8 Å². The minimum Gasteiger partial charge on any atom is -0.355 e. The number of halogens is 1. The number of benzene rings is 2. The molecule has 2 aromatic carbocycles. The maximum atomic E-state index is 12.2. The van der Waals surface area contributed by atoms with Gasteiger partial charge in [0, 0.05) is 17.1 Å². The summed E-state index contributed by atoms with van der Waals surface area (Å²) in [6.45, 7) is 2.83. The number of aromatic nitrogens is 3. The first-order valence-corrected chi connectivity index (χ1v) is 10.6. The van der Waals surface area contributed by atoms with E-state index in [0.29, 0.717) is 21.8 Å². The highest BCUT2D eigenvalue weighted by molar-refractivity contribution is 7.99. The molecule has 1 amide bonds. The first-order chi connectivity index (χ1) is 13.6. The summed E-state index contributed by atoms with van der Waals surface area (Å²) in [7, 11) is 0. The predicted octanol–water partition coefficient (Wildman–Crippen LogP) is 4.51. The zero-order chi connectivity index (χ0) is 19.5. The molecule has 1 aliphatic rings. The Hall–Kier alpha value is -2.31. The Morgan fingerprint density at radius 2 is 1.93 bits per heavy atom. The minimum absolute atomic E-state index is 0.0317. The van der Waals surface area contributed by atoms with Gasteiger partial charge in [-0.25, -0.2) is 0 Å². The second-order valence-corrected chi connectivity index (χ2v) is 8.35. The predicted molar refractivity (Wildman–Crippen MR) is 113 cm³/mol. The zero-order valence-corrected chi connectivity index (χ0v) is 17.1. The molecule has 0 saturated heterocycles. The van der Waals surface area contributed by atoms with E-state index in [9.17, 15) is 4.79 Å². The fourth-order valence-corrected chi connectivity index (χ4v) is 3.84. The van der Waals surface area contributed by atoms with Gasteiger partial charge < -0.3 is 5.32 Å². The number of amides is 1. The van der Waals surface area contributed by atoms with Gasteiger partial charge in [-0.3, -0.25) is 9.36 Å². The van der Waals surface area contributed by atoms with E-state index in [-0.39, 0.29) is 5.91 Å². The summed E-state index contributed by atoms with van der Waals surface area (Å²) in [5.41, 5.74) is 3.03. The van der Waals surface area contributed by atoms with Crippen molar-refractivity contribution in [3.63, 3.8) is 0 Å². The van der Waals surface area contributed by atoms with Crippen molar-refractivity contribution in [2.45, 2.75) is 24.9 Å². The standard InChI is InChI=1S/C21H21ClN4OS/c1-14-4-2-3-5-18(14)26-20(16-8-10-17(22)11-9-16)24-25-21(26)28-13-19(27)23-12-15-6-7-15/h2-5,8-11,15H,6-7,12-13H2,1H3,(H,23,27). The molecule has 1 saturated carbocycles. The van der Waals surface area contributed by atoms with Gasteiger partial charge >= 0.3 is 0 Å². The van der Waals surface area contributed by atoms with Crippen molar-refractivity contribution in [1.82, 2.24) is 20.1 Å². The van der Waals surface area contributed by atoms with Crippen LogP contribution >= 0.6 is 23.4 Å². The van der Waals surface area contributed by atoms with E-state index in [1.807, 2.05) is 47.0 Å². The maximum Gasteiger partial charge on any atom is 0.230 e. The van der Waals surface area contributed by atoms with E-state index >= 15 is 0 Å². The normalized spacial score (nSPS) is 13.5. The molecule has 1 aliphatic carbocycles. The highest BCUT2D eigenvalue weighted by Crippen LogP contribution is 2.30. The van der Waals surface area contributed by atoms with Gasteiger partial charge in [-0.05, 0) is 61.6 Å². The quantitative estimate of drug-likeness (QED) is 0.580. The van der Waals surface area contributed by atoms with Gasteiger partial charge in [-0.2, -0.15) is 0 Å². The molecule has 0 unspecified atom stereocenters. The molecule has 1 aromatic heterocycles. The lowest BCUT2D eigenvalue weighted by Gasteiger charge is -2.13. The average Bonchev–Trinajstić information content (AvgIpc) is 3.44. The molecule has 7 heteroatoms. The highest BCUT2D eigenvalue weighted by Gasteiger charge is 2.22. The van der Waals surface area contributed by atoms with E-state index in [4.69, 9.17) is 11.6 Å². The van der Waals surface area contributed by atoms with Crippen LogP contribution in [0.4, 0.5) is 0 Å². The molecule has 0 bridgehead atoms. The molecule has 5 nitrogen and oxygen atoms in total. The van der Waals surface area contributed by atoms with Crippen LogP contribution in [0.25, 0.3) is 17.1 Å². The number of nitrogens with zero attached hydrogens (tertiary/aromatic N) is 3. The molecule has 1 heterocycles. The number of hydrogen-bond donors (Lipinski definition) is 1. The number of nitrogens with one attached hydrogen (secondary N) is 1. The summed E-state index contributed by atoms with van der Waals surface area (Å²) in [6.07, 6.45) is 2.44. The molecule has 0 atom stereocenters. The highest BCUT2D eigenvalue weighted by atomic mass is 35.5. The number of carbonyl (C=O) groups is 1. The van der Waals surface area contributed by atoms with Crippen molar-refractivity contribution in [3.05, 3.63) is 59.1 Å². The average molecular weight is 413 g/mol. The molecule has 144 valence electrons. The second-order valence-electron chi connectivity index (χ2n) is 6.97. The van der Waals surface area contributed by atoms with Crippen molar-refractivity contribution in [2.24, 2.45) is 5.92 Å². The molecule has 3 aromatic rings. The third-order valence-corrected chi connectivity index (χ3v) is 5.89. The maximum absolute atomic E-state index is 12.2. The summed E-state index contributed by atoms with van der Waals surface area (Å²) >= 11 is 7.44. The summed E-state index contributed by atoms with van der Waals surface area (Å²) in [6, 6.07) is 15.6. The van der Waals surface area contributed by atoms with Crippen molar-refractivity contribution >= 4 is 29.3 Å². The number of para-hydroxylation sites is 1. The third-order valence-electron chi connectivity index (χ3n) is 4.71. The second kappa shape index (κ2) is 8.37. The van der Waals surface area contributed by atoms with Crippen LogP contribution < -0.4 is 5.32 Å². The zero-order valence-electron chi connectivity index (χ0n) is 15.6. The van der Waals surface area contributed by atoms with E-state index in [0.717, 1.165) is 29.2 Å². The molecular formula is C21H21ClN4OS. The lowest BCUT2D eigenvalue weighted by Crippen LogP contribution is -2.27. The van der Waals surface area contributed by atoms with Gasteiger partial charge in [0.15, 0.2) is 11.0 Å². The van der Waals surface area contributed by atoms with Crippen LogP contribution in [-0.2, 0) is 4.79 Å². The lowest BCUT2D eigenvalue weighted by molar-refractivity contribution is -0.118.